The van der Waals surface area contributed by atoms with Gasteiger partial charge in [-0.25, -0.2) is 4.79 Å². The van der Waals surface area contributed by atoms with Crippen LogP contribution in [0.5, 0.6) is 17.2 Å². The Balaban J connectivity index is 1.77. The molecule has 0 bridgehead atoms. The number of carbonyl (C=O) groups is 1. The normalized spacial score (nSPS) is 25.0. The maximum absolute atomic E-state index is 13.6. The molecule has 2 aromatic rings. The number of allylic oxidation sites excluding steroid dienone is 1. The van der Waals surface area contributed by atoms with Crippen molar-refractivity contribution in [2.24, 2.45) is 22.9 Å². The number of oxime groups is 1. The van der Waals surface area contributed by atoms with E-state index in [1.807, 2.05) is 26.0 Å². The number of carbonyl (C=O) groups excluding carboxylic acids is 1. The zero-order valence-electron chi connectivity index (χ0n) is 31.0. The van der Waals surface area contributed by atoms with Gasteiger partial charge in [-0.05, 0) is 80.7 Å². The lowest BCUT2D eigenvalue weighted by Gasteiger charge is -2.59. The maximum atomic E-state index is 13.6. The number of amides is 1. The van der Waals surface area contributed by atoms with Crippen LogP contribution in [0.25, 0.3) is 0 Å². The first-order valence-corrected chi connectivity index (χ1v) is 18.7. The van der Waals surface area contributed by atoms with E-state index in [1.54, 1.807) is 29.2 Å². The molecule has 2 aromatic carbocycles. The van der Waals surface area contributed by atoms with Crippen molar-refractivity contribution < 1.29 is 43.7 Å². The molecule has 1 saturated carbocycles. The third kappa shape index (κ3) is 8.53. The second kappa shape index (κ2) is 18.5. The quantitative estimate of drug-likeness (QED) is 0.0639. The minimum Gasteiger partial charge on any atom is -0.459 e. The van der Waals surface area contributed by atoms with Crippen molar-refractivity contribution in [2.75, 3.05) is 40.1 Å². The number of non-ortho nitro benzene ring substituents is 1. The van der Waals surface area contributed by atoms with Crippen molar-refractivity contribution in [3.8, 4) is 17.2 Å². The molecule has 2 N–H and O–H groups in total. The highest BCUT2D eigenvalue weighted by Gasteiger charge is 2.65. The zero-order chi connectivity index (χ0) is 38.0. The minimum absolute atomic E-state index is 0.0289. The third-order valence-corrected chi connectivity index (χ3v) is 10.5. The van der Waals surface area contributed by atoms with Gasteiger partial charge in [0.05, 0.1) is 36.3 Å². The predicted octanol–water partition coefficient (Wildman–Crippen LogP) is 7.52. The largest absolute Gasteiger partial charge is 0.459 e. The van der Waals surface area contributed by atoms with Crippen molar-refractivity contribution in [2.45, 2.75) is 83.0 Å². The fraction of sp³-hybridized carbons (Fsp3) is 0.550. The van der Waals surface area contributed by atoms with Crippen LogP contribution in [0.15, 0.2) is 71.9 Å². The number of aliphatic hydroxyl groups excluding tert-OH is 2. The van der Waals surface area contributed by atoms with Crippen LogP contribution >= 0.6 is 0 Å². The fourth-order valence-corrected chi connectivity index (χ4v) is 8.38. The van der Waals surface area contributed by atoms with Gasteiger partial charge in [0, 0.05) is 43.7 Å². The Labute approximate surface area is 311 Å². The first kappa shape index (κ1) is 39.7. The molecule has 0 unspecified atom stereocenters. The standard InChI is InChI=1S/C40H53N3O10/c1-5-19-42(39(46)49-4)36-26-34(41-51-7-3)32-23-27(13-8-10-20-44)31(16-9-11-21-45)37-33-25-30(52-29-15-12-14-28(24-29)43(47)48)17-18-35(33)53-40(36,38(32)37)50-22-6-2/h6,12,14-15,17-18,23-25,27,31,36-38,44-45H,2,5,7-11,13,16,19-22,26H2,1,3-4H3/t27-,31+,36-,37+,38+,40+/m0/s1. The summed E-state index contributed by atoms with van der Waals surface area (Å²) in [6.45, 7) is 8.86. The van der Waals surface area contributed by atoms with Crippen molar-refractivity contribution in [3.63, 3.8) is 0 Å². The Morgan fingerprint density at radius 3 is 2.55 bits per heavy atom. The molecule has 2 aliphatic carbocycles. The van der Waals surface area contributed by atoms with Gasteiger partial charge in [-0.15, -0.1) is 6.58 Å². The van der Waals surface area contributed by atoms with Gasteiger partial charge in [0.1, 0.15) is 29.9 Å². The van der Waals surface area contributed by atoms with E-state index >= 15 is 0 Å². The Hall–Kier alpha value is -4.46. The first-order chi connectivity index (χ1) is 25.8. The summed E-state index contributed by atoms with van der Waals surface area (Å²) in [5, 5.41) is 35.8. The van der Waals surface area contributed by atoms with E-state index < -0.39 is 28.8 Å². The van der Waals surface area contributed by atoms with E-state index in [9.17, 15) is 25.1 Å². The SMILES string of the molecule is C=CCO[C@@]12Oc3ccc(Oc4cccc([N+](=O)[O-])c4)cc3[C@H]3[C@H](CCCCO)[C@@H](CCCCO)C=C(C(=NOCC)C[C@@H]1N(CCC)C(=O)OC)[C@H]32. The number of benzene rings is 2. The predicted molar refractivity (Wildman–Crippen MR) is 199 cm³/mol. The summed E-state index contributed by atoms with van der Waals surface area (Å²) < 4.78 is 25.6. The van der Waals surface area contributed by atoms with E-state index in [0.717, 1.165) is 36.8 Å². The van der Waals surface area contributed by atoms with Crippen LogP contribution in [0, 0.1) is 27.9 Å². The molecule has 53 heavy (non-hydrogen) atoms. The summed E-state index contributed by atoms with van der Waals surface area (Å²) in [7, 11) is 1.36. The molecule has 288 valence electrons. The average Bonchev–Trinajstić information content (AvgIpc) is 3.16. The second-order valence-electron chi connectivity index (χ2n) is 13.7. The highest BCUT2D eigenvalue weighted by molar-refractivity contribution is 6.03. The smallest absolute Gasteiger partial charge is 0.409 e. The molecule has 0 radical (unpaired) electrons. The molecule has 1 fully saturated rings. The number of nitro groups is 1. The van der Waals surface area contributed by atoms with Gasteiger partial charge in [-0.2, -0.15) is 0 Å². The highest BCUT2D eigenvalue weighted by Crippen LogP contribution is 2.62. The van der Waals surface area contributed by atoms with Crippen LogP contribution in [-0.4, -0.2) is 83.8 Å². The lowest BCUT2D eigenvalue weighted by molar-refractivity contribution is -0.384. The summed E-state index contributed by atoms with van der Waals surface area (Å²) in [6.07, 6.45) is 8.86. The summed E-state index contributed by atoms with van der Waals surface area (Å²) in [4.78, 5) is 32.1. The Morgan fingerprint density at radius 1 is 1.11 bits per heavy atom. The molecular formula is C40H53N3O10. The number of hydrogen-bond acceptors (Lipinski definition) is 11. The maximum Gasteiger partial charge on any atom is 0.409 e. The van der Waals surface area contributed by atoms with E-state index in [-0.39, 0.29) is 49.7 Å². The van der Waals surface area contributed by atoms with E-state index in [4.69, 9.17) is 23.8 Å². The molecule has 1 aliphatic heterocycles. The molecule has 5 rings (SSSR count). The van der Waals surface area contributed by atoms with Crippen molar-refractivity contribution in [1.82, 2.24) is 4.90 Å². The van der Waals surface area contributed by atoms with Gasteiger partial charge in [-0.1, -0.05) is 43.1 Å². The molecule has 0 saturated heterocycles. The number of nitrogens with zero attached hydrogens (tertiary/aromatic N) is 3. The Morgan fingerprint density at radius 2 is 1.87 bits per heavy atom. The number of aliphatic hydroxyl groups is 2. The van der Waals surface area contributed by atoms with Crippen molar-refractivity contribution in [3.05, 3.63) is 82.4 Å². The van der Waals surface area contributed by atoms with Crippen LogP contribution in [0.3, 0.4) is 0 Å². The van der Waals surface area contributed by atoms with Gasteiger partial charge in [-0.3, -0.25) is 15.0 Å². The topological polar surface area (TPSA) is 162 Å². The van der Waals surface area contributed by atoms with Crippen LogP contribution in [0.4, 0.5) is 10.5 Å². The van der Waals surface area contributed by atoms with Gasteiger partial charge in [0.15, 0.2) is 0 Å². The van der Waals surface area contributed by atoms with E-state index in [1.165, 1.54) is 19.2 Å². The van der Waals surface area contributed by atoms with Gasteiger partial charge < -0.3 is 34.0 Å². The molecule has 1 heterocycles. The number of unbranched alkanes of at least 4 members (excludes halogenated alkanes) is 2. The third-order valence-electron chi connectivity index (χ3n) is 10.5. The molecule has 13 nitrogen and oxygen atoms in total. The lowest BCUT2D eigenvalue weighted by Crippen LogP contribution is -2.70. The highest BCUT2D eigenvalue weighted by atomic mass is 16.7. The monoisotopic (exact) mass is 735 g/mol. The van der Waals surface area contributed by atoms with E-state index in [2.05, 4.69) is 17.8 Å². The second-order valence-corrected chi connectivity index (χ2v) is 13.7. The summed E-state index contributed by atoms with van der Waals surface area (Å²) >= 11 is 0. The number of nitro benzene ring substituents is 1. The van der Waals surface area contributed by atoms with Gasteiger partial charge >= 0.3 is 6.09 Å². The van der Waals surface area contributed by atoms with Crippen LogP contribution in [-0.2, 0) is 14.3 Å². The van der Waals surface area contributed by atoms with E-state index in [0.29, 0.717) is 55.4 Å². The summed E-state index contributed by atoms with van der Waals surface area (Å²) in [6, 6.07) is 10.9. The number of hydrogen-bond donors (Lipinski definition) is 2. The number of fused-ring (bicyclic) bond motifs is 2. The van der Waals surface area contributed by atoms with Gasteiger partial charge in [0.25, 0.3) is 5.69 Å². The van der Waals surface area contributed by atoms with Crippen LogP contribution in [0.1, 0.15) is 76.7 Å². The van der Waals surface area contributed by atoms with Crippen LogP contribution in [0.2, 0.25) is 0 Å². The number of rotatable bonds is 19. The zero-order valence-corrected chi connectivity index (χ0v) is 31.0. The molecule has 3 aliphatic rings. The number of ether oxygens (including phenoxy) is 4. The molecule has 6 atom stereocenters. The molecule has 13 heteroatoms. The molecule has 0 aromatic heterocycles. The average molecular weight is 736 g/mol. The Bertz CT molecular complexity index is 1650. The van der Waals surface area contributed by atoms with Crippen molar-refractivity contribution in [1.29, 1.82) is 0 Å². The Kier molecular flexibility index (Phi) is 13.9. The lowest BCUT2D eigenvalue weighted by atomic mass is 9.55. The molecule has 1 amide bonds. The van der Waals surface area contributed by atoms with Gasteiger partial charge in [0.2, 0.25) is 5.79 Å². The summed E-state index contributed by atoms with van der Waals surface area (Å²) in [5.74, 6) is -0.642. The summed E-state index contributed by atoms with van der Waals surface area (Å²) in [5.41, 5.74) is 2.42. The molecular weight excluding hydrogens is 682 g/mol. The van der Waals surface area contributed by atoms with Crippen LogP contribution < -0.4 is 9.47 Å². The van der Waals surface area contributed by atoms with Crippen molar-refractivity contribution >= 4 is 17.5 Å². The molecule has 0 spiro atoms. The minimum atomic E-state index is -1.39. The fourth-order valence-electron chi connectivity index (χ4n) is 8.38. The number of methoxy groups -OCH3 is 1. The first-order valence-electron chi connectivity index (χ1n) is 18.7.